The molecule has 1 amide bonds. The first kappa shape index (κ1) is 23.2. The highest BCUT2D eigenvalue weighted by atomic mass is 32.2. The van der Waals surface area contributed by atoms with Gasteiger partial charge in [0.2, 0.25) is 0 Å². The van der Waals surface area contributed by atoms with Crippen molar-refractivity contribution in [1.82, 2.24) is 9.78 Å². The Balaban J connectivity index is 1.53. The maximum atomic E-state index is 13.3. The molecular weight excluding hydrogens is 455 g/mol. The molecule has 0 aliphatic heterocycles. The van der Waals surface area contributed by atoms with Gasteiger partial charge in [-0.1, -0.05) is 12.1 Å². The predicted octanol–water partition coefficient (Wildman–Crippen LogP) is 4.99. The van der Waals surface area contributed by atoms with Gasteiger partial charge >= 0.3 is 0 Å². The number of benzene rings is 3. The summed E-state index contributed by atoms with van der Waals surface area (Å²) in [4.78, 5) is 12.9. The molecule has 174 valence electrons. The SMILES string of the molecule is Cc1cc(NC(=O)c2ccc(S(=O)(=O)Nc3cccc(C)c3C)cc2)n(-c2ccc(F)cc2)n1. The van der Waals surface area contributed by atoms with Crippen molar-refractivity contribution in [1.29, 1.82) is 0 Å². The van der Waals surface area contributed by atoms with Crippen molar-refractivity contribution < 1.29 is 17.6 Å². The third kappa shape index (κ3) is 4.84. The van der Waals surface area contributed by atoms with Crippen LogP contribution in [0, 0.1) is 26.6 Å². The summed E-state index contributed by atoms with van der Waals surface area (Å²) in [7, 11) is -3.82. The lowest BCUT2D eigenvalue weighted by Gasteiger charge is -2.13. The number of aryl methyl sites for hydroxylation is 2. The first-order chi connectivity index (χ1) is 16.1. The standard InChI is InChI=1S/C25H23FN4O3S/c1-16-5-4-6-23(18(16)3)29-34(32,33)22-13-7-19(8-14-22)25(31)27-24-15-17(2)28-30(24)21-11-9-20(26)10-12-21/h4-15,29H,1-3H3,(H,27,31). The molecule has 0 aliphatic carbocycles. The Kier molecular flexibility index (Phi) is 6.21. The van der Waals surface area contributed by atoms with Crippen molar-refractivity contribution in [3.63, 3.8) is 0 Å². The van der Waals surface area contributed by atoms with Gasteiger partial charge in [-0.15, -0.1) is 0 Å². The van der Waals surface area contributed by atoms with Gasteiger partial charge in [0.25, 0.3) is 15.9 Å². The number of sulfonamides is 1. The van der Waals surface area contributed by atoms with Gasteiger partial charge in [0.1, 0.15) is 11.6 Å². The molecule has 0 fully saturated rings. The smallest absolute Gasteiger partial charge is 0.261 e. The molecule has 0 aliphatic rings. The molecule has 7 nitrogen and oxygen atoms in total. The van der Waals surface area contributed by atoms with Crippen LogP contribution in [-0.4, -0.2) is 24.1 Å². The van der Waals surface area contributed by atoms with E-state index in [1.807, 2.05) is 19.9 Å². The lowest BCUT2D eigenvalue weighted by molar-refractivity contribution is 0.102. The van der Waals surface area contributed by atoms with E-state index in [9.17, 15) is 17.6 Å². The number of hydrogen-bond donors (Lipinski definition) is 2. The molecule has 0 atom stereocenters. The minimum atomic E-state index is -3.82. The molecule has 1 aromatic heterocycles. The lowest BCUT2D eigenvalue weighted by atomic mass is 10.1. The molecular formula is C25H23FN4O3S. The maximum absolute atomic E-state index is 13.3. The lowest BCUT2D eigenvalue weighted by Crippen LogP contribution is -2.16. The van der Waals surface area contributed by atoms with Crippen LogP contribution in [0.3, 0.4) is 0 Å². The van der Waals surface area contributed by atoms with Crippen LogP contribution in [0.5, 0.6) is 0 Å². The van der Waals surface area contributed by atoms with E-state index in [1.165, 1.54) is 41.1 Å². The van der Waals surface area contributed by atoms with E-state index in [-0.39, 0.29) is 16.3 Å². The van der Waals surface area contributed by atoms with Crippen LogP contribution in [-0.2, 0) is 10.0 Å². The number of aromatic nitrogens is 2. The van der Waals surface area contributed by atoms with E-state index in [0.29, 0.717) is 22.9 Å². The number of carbonyl (C=O) groups is 1. The van der Waals surface area contributed by atoms with Gasteiger partial charge in [-0.2, -0.15) is 5.10 Å². The first-order valence-electron chi connectivity index (χ1n) is 10.5. The molecule has 0 bridgehead atoms. The second-order valence-corrected chi connectivity index (χ2v) is 9.57. The minimum Gasteiger partial charge on any atom is -0.306 e. The zero-order valence-electron chi connectivity index (χ0n) is 18.8. The molecule has 0 unspecified atom stereocenters. The van der Waals surface area contributed by atoms with Gasteiger partial charge in [0, 0.05) is 11.6 Å². The third-order valence-electron chi connectivity index (χ3n) is 5.42. The number of amides is 1. The Morgan fingerprint density at radius 1 is 0.941 bits per heavy atom. The number of halogens is 1. The minimum absolute atomic E-state index is 0.0390. The van der Waals surface area contributed by atoms with E-state index in [1.54, 1.807) is 37.3 Å². The zero-order valence-corrected chi connectivity index (χ0v) is 19.7. The summed E-state index contributed by atoms with van der Waals surface area (Å²) in [5.41, 5.74) is 3.85. The highest BCUT2D eigenvalue weighted by Gasteiger charge is 2.18. The van der Waals surface area contributed by atoms with E-state index in [0.717, 1.165) is 11.1 Å². The van der Waals surface area contributed by atoms with Crippen molar-refractivity contribution in [2.24, 2.45) is 0 Å². The number of carbonyl (C=O) groups excluding carboxylic acids is 1. The van der Waals surface area contributed by atoms with Crippen LogP contribution in [0.4, 0.5) is 15.9 Å². The topological polar surface area (TPSA) is 93.1 Å². The quantitative estimate of drug-likeness (QED) is 0.408. The number of rotatable bonds is 6. The molecule has 4 aromatic rings. The van der Waals surface area contributed by atoms with Crippen LogP contribution in [0.1, 0.15) is 27.2 Å². The summed E-state index contributed by atoms with van der Waals surface area (Å²) in [5.74, 6) is -0.405. The maximum Gasteiger partial charge on any atom is 0.261 e. The van der Waals surface area contributed by atoms with Crippen LogP contribution in [0.25, 0.3) is 5.69 Å². The van der Waals surface area contributed by atoms with Crippen molar-refractivity contribution in [2.75, 3.05) is 10.0 Å². The Labute approximate surface area is 197 Å². The summed E-state index contributed by atoms with van der Waals surface area (Å²) < 4.78 is 43.0. The fourth-order valence-corrected chi connectivity index (χ4v) is 4.53. The summed E-state index contributed by atoms with van der Waals surface area (Å²) in [6, 6.07) is 18.5. The summed E-state index contributed by atoms with van der Waals surface area (Å²) in [5, 5.41) is 7.12. The third-order valence-corrected chi connectivity index (χ3v) is 6.80. The van der Waals surface area contributed by atoms with Crippen LogP contribution in [0.2, 0.25) is 0 Å². The average molecular weight is 479 g/mol. The predicted molar refractivity (Wildman–Crippen MR) is 129 cm³/mol. The molecule has 0 saturated carbocycles. The summed E-state index contributed by atoms with van der Waals surface area (Å²) in [6.07, 6.45) is 0. The zero-order chi connectivity index (χ0) is 24.5. The Hall–Kier alpha value is -3.98. The monoisotopic (exact) mass is 478 g/mol. The van der Waals surface area contributed by atoms with Crippen molar-refractivity contribution in [2.45, 2.75) is 25.7 Å². The van der Waals surface area contributed by atoms with E-state index < -0.39 is 15.9 Å². The number of nitrogens with one attached hydrogen (secondary N) is 2. The summed E-state index contributed by atoms with van der Waals surface area (Å²) >= 11 is 0. The average Bonchev–Trinajstić information content (AvgIpc) is 3.17. The van der Waals surface area contributed by atoms with Crippen LogP contribution in [0.15, 0.2) is 77.7 Å². The number of nitrogens with zero attached hydrogens (tertiary/aromatic N) is 2. The summed E-state index contributed by atoms with van der Waals surface area (Å²) in [6.45, 7) is 5.53. The molecule has 0 spiro atoms. The molecule has 9 heteroatoms. The number of anilines is 2. The molecule has 2 N–H and O–H groups in total. The van der Waals surface area contributed by atoms with Crippen molar-refractivity contribution >= 4 is 27.4 Å². The van der Waals surface area contributed by atoms with E-state index in [4.69, 9.17) is 0 Å². The van der Waals surface area contributed by atoms with Crippen LogP contribution < -0.4 is 10.0 Å². The van der Waals surface area contributed by atoms with Gasteiger partial charge in [-0.25, -0.2) is 17.5 Å². The first-order valence-corrected chi connectivity index (χ1v) is 12.0. The normalized spacial score (nSPS) is 11.3. The van der Waals surface area contributed by atoms with E-state index in [2.05, 4.69) is 15.1 Å². The highest BCUT2D eigenvalue weighted by molar-refractivity contribution is 7.92. The highest BCUT2D eigenvalue weighted by Crippen LogP contribution is 2.23. The molecule has 0 radical (unpaired) electrons. The molecule has 34 heavy (non-hydrogen) atoms. The van der Waals surface area contributed by atoms with Gasteiger partial charge in [0.15, 0.2) is 0 Å². The molecule has 1 heterocycles. The largest absolute Gasteiger partial charge is 0.306 e. The van der Waals surface area contributed by atoms with E-state index >= 15 is 0 Å². The molecule has 4 rings (SSSR count). The second-order valence-electron chi connectivity index (χ2n) is 7.89. The van der Waals surface area contributed by atoms with Gasteiger partial charge in [-0.3, -0.25) is 9.52 Å². The van der Waals surface area contributed by atoms with Gasteiger partial charge in [-0.05, 0) is 86.5 Å². The molecule has 0 saturated heterocycles. The number of hydrogen-bond acceptors (Lipinski definition) is 4. The van der Waals surface area contributed by atoms with Crippen molar-refractivity contribution in [3.8, 4) is 5.69 Å². The second kappa shape index (κ2) is 9.11. The Morgan fingerprint density at radius 3 is 2.29 bits per heavy atom. The van der Waals surface area contributed by atoms with Gasteiger partial charge in [0.05, 0.1) is 22.0 Å². The Bertz CT molecular complexity index is 1460. The fourth-order valence-electron chi connectivity index (χ4n) is 3.41. The fraction of sp³-hybridized carbons (Fsp3) is 0.120. The van der Waals surface area contributed by atoms with Gasteiger partial charge < -0.3 is 5.32 Å². The van der Waals surface area contributed by atoms with Crippen LogP contribution >= 0.6 is 0 Å². The molecule has 3 aromatic carbocycles. The van der Waals surface area contributed by atoms with Crippen molar-refractivity contribution in [3.05, 3.63) is 101 Å². The Morgan fingerprint density at radius 2 is 1.62 bits per heavy atom.